The number of anilines is 1. The average molecular weight is 193 g/mol. The van der Waals surface area contributed by atoms with Gasteiger partial charge in [0, 0.05) is 11.3 Å². The molecule has 14 heavy (non-hydrogen) atoms. The van der Waals surface area contributed by atoms with E-state index in [1.54, 1.807) is 24.3 Å². The Kier molecular flexibility index (Phi) is 3.06. The Balaban J connectivity index is 2.84. The summed E-state index contributed by atoms with van der Waals surface area (Å²) in [6.07, 6.45) is 0. The number of benzene rings is 1. The van der Waals surface area contributed by atoms with E-state index >= 15 is 0 Å². The fraction of sp³-hybridized carbons (Fsp3) is 0.111. The molecule has 1 aromatic rings. The summed E-state index contributed by atoms with van der Waals surface area (Å²) in [5.74, 6) is -1.04. The van der Waals surface area contributed by atoms with Gasteiger partial charge in [-0.2, -0.15) is 0 Å². The third-order valence-electron chi connectivity index (χ3n) is 1.65. The maximum atomic E-state index is 10.3. The monoisotopic (exact) mass is 193 g/mol. The van der Waals surface area contributed by atoms with Gasteiger partial charge in [0.1, 0.15) is 12.4 Å². The van der Waals surface area contributed by atoms with Crippen molar-refractivity contribution in [3.05, 3.63) is 29.8 Å². The van der Waals surface area contributed by atoms with Crippen molar-refractivity contribution in [1.82, 2.24) is 0 Å². The lowest BCUT2D eigenvalue weighted by Gasteiger charge is -2.08. The molecule has 0 aliphatic carbocycles. The molecule has 0 saturated heterocycles. The molecule has 0 atom stereocenters. The van der Waals surface area contributed by atoms with Gasteiger partial charge < -0.3 is 16.2 Å². The summed E-state index contributed by atoms with van der Waals surface area (Å²) < 4.78 is 0. The molecule has 0 aliphatic heterocycles. The molecule has 0 amide bonds. The second-order valence-electron chi connectivity index (χ2n) is 2.71. The number of rotatable bonds is 4. The minimum atomic E-state index is -0.955. The van der Waals surface area contributed by atoms with E-state index in [9.17, 15) is 4.79 Å². The zero-order valence-electron chi connectivity index (χ0n) is 7.45. The van der Waals surface area contributed by atoms with Crippen LogP contribution in [0, 0.1) is 5.41 Å². The quantitative estimate of drug-likeness (QED) is 0.412. The van der Waals surface area contributed by atoms with Gasteiger partial charge in [0.25, 0.3) is 0 Å². The summed E-state index contributed by atoms with van der Waals surface area (Å²) in [5.41, 5.74) is 6.38. The van der Waals surface area contributed by atoms with Crippen LogP contribution in [0.1, 0.15) is 5.56 Å². The van der Waals surface area contributed by atoms with Crippen molar-refractivity contribution in [2.24, 2.45) is 5.73 Å². The summed E-state index contributed by atoms with van der Waals surface area (Å²) in [6.45, 7) is -0.190. The van der Waals surface area contributed by atoms with Crippen LogP contribution in [0.2, 0.25) is 0 Å². The molecular formula is C9H11N3O2. The van der Waals surface area contributed by atoms with E-state index in [-0.39, 0.29) is 12.4 Å². The molecule has 0 radical (unpaired) electrons. The van der Waals surface area contributed by atoms with E-state index in [2.05, 4.69) is 5.32 Å². The van der Waals surface area contributed by atoms with Crippen molar-refractivity contribution in [3.63, 3.8) is 0 Å². The first-order chi connectivity index (χ1) is 6.61. The maximum Gasteiger partial charge on any atom is 0.322 e. The molecule has 0 aliphatic rings. The van der Waals surface area contributed by atoms with Gasteiger partial charge in [-0.1, -0.05) is 12.1 Å². The van der Waals surface area contributed by atoms with Gasteiger partial charge >= 0.3 is 5.97 Å². The topological polar surface area (TPSA) is 99.2 Å². The van der Waals surface area contributed by atoms with Crippen LogP contribution in [-0.2, 0) is 4.79 Å². The van der Waals surface area contributed by atoms with Crippen molar-refractivity contribution >= 4 is 17.5 Å². The number of carboxylic acids is 1. The highest BCUT2D eigenvalue weighted by molar-refractivity contribution is 6.00. The smallest absolute Gasteiger partial charge is 0.322 e. The average Bonchev–Trinajstić information content (AvgIpc) is 2.15. The molecular weight excluding hydrogens is 182 g/mol. The summed E-state index contributed by atoms with van der Waals surface area (Å²) >= 11 is 0. The molecule has 0 unspecified atom stereocenters. The Morgan fingerprint density at radius 3 is 2.71 bits per heavy atom. The van der Waals surface area contributed by atoms with E-state index in [1.165, 1.54) is 0 Å². The number of amidine groups is 1. The summed E-state index contributed by atoms with van der Waals surface area (Å²) in [4.78, 5) is 10.3. The van der Waals surface area contributed by atoms with Crippen LogP contribution < -0.4 is 11.1 Å². The highest BCUT2D eigenvalue weighted by atomic mass is 16.4. The molecule has 0 aromatic heterocycles. The SMILES string of the molecule is N=C(N)c1ccccc1NCC(=O)O. The second kappa shape index (κ2) is 4.27. The Labute approximate surface area is 81.1 Å². The van der Waals surface area contributed by atoms with Crippen molar-refractivity contribution < 1.29 is 9.90 Å². The largest absolute Gasteiger partial charge is 0.480 e. The van der Waals surface area contributed by atoms with Crippen LogP contribution in [0.15, 0.2) is 24.3 Å². The lowest BCUT2D eigenvalue weighted by molar-refractivity contribution is -0.134. The van der Waals surface area contributed by atoms with Crippen molar-refractivity contribution in [3.8, 4) is 0 Å². The van der Waals surface area contributed by atoms with Crippen LogP contribution in [-0.4, -0.2) is 23.5 Å². The highest BCUT2D eigenvalue weighted by Crippen LogP contribution is 2.13. The van der Waals surface area contributed by atoms with E-state index in [4.69, 9.17) is 16.2 Å². The van der Waals surface area contributed by atoms with E-state index in [1.807, 2.05) is 0 Å². The first-order valence-corrected chi connectivity index (χ1v) is 4.00. The number of nitrogens with one attached hydrogen (secondary N) is 2. The van der Waals surface area contributed by atoms with Gasteiger partial charge in [0.2, 0.25) is 0 Å². The standard InChI is InChI=1S/C9H11N3O2/c10-9(11)6-3-1-2-4-7(6)12-5-8(13)14/h1-4,12H,5H2,(H3,10,11)(H,13,14). The fourth-order valence-corrected chi connectivity index (χ4v) is 1.04. The van der Waals surface area contributed by atoms with Crippen LogP contribution in [0.5, 0.6) is 0 Å². The van der Waals surface area contributed by atoms with Crippen molar-refractivity contribution in [1.29, 1.82) is 5.41 Å². The van der Waals surface area contributed by atoms with Gasteiger partial charge in [-0.25, -0.2) is 0 Å². The molecule has 0 heterocycles. The molecule has 1 rings (SSSR count). The summed E-state index contributed by atoms with van der Waals surface area (Å²) in [6, 6.07) is 6.82. The zero-order chi connectivity index (χ0) is 10.6. The number of para-hydroxylation sites is 1. The minimum absolute atomic E-state index is 0.0847. The Morgan fingerprint density at radius 2 is 2.14 bits per heavy atom. The van der Waals surface area contributed by atoms with Gasteiger partial charge in [0.15, 0.2) is 0 Å². The van der Waals surface area contributed by atoms with Gasteiger partial charge in [-0.15, -0.1) is 0 Å². The number of hydrogen-bond acceptors (Lipinski definition) is 3. The number of aliphatic carboxylic acids is 1. The number of carboxylic acid groups (broad SMARTS) is 1. The molecule has 0 bridgehead atoms. The first kappa shape index (κ1) is 10.0. The first-order valence-electron chi connectivity index (χ1n) is 4.00. The Bertz CT molecular complexity index is 363. The summed E-state index contributed by atoms with van der Waals surface area (Å²) in [5, 5.41) is 18.4. The molecule has 5 nitrogen and oxygen atoms in total. The molecule has 0 spiro atoms. The maximum absolute atomic E-state index is 10.3. The lowest BCUT2D eigenvalue weighted by Crippen LogP contribution is -2.17. The van der Waals surface area contributed by atoms with E-state index in [0.29, 0.717) is 11.3 Å². The van der Waals surface area contributed by atoms with Crippen LogP contribution >= 0.6 is 0 Å². The number of hydrogen-bond donors (Lipinski definition) is 4. The summed E-state index contributed by atoms with van der Waals surface area (Å²) in [7, 11) is 0. The normalized spacial score (nSPS) is 9.43. The zero-order valence-corrected chi connectivity index (χ0v) is 7.45. The number of nitrogen functional groups attached to an aromatic ring is 1. The predicted octanol–water partition coefficient (Wildman–Crippen LogP) is 0.467. The lowest BCUT2D eigenvalue weighted by atomic mass is 10.1. The number of carbonyl (C=O) groups is 1. The molecule has 0 saturated carbocycles. The van der Waals surface area contributed by atoms with Gasteiger partial charge in [0.05, 0.1) is 0 Å². The third kappa shape index (κ3) is 2.48. The second-order valence-corrected chi connectivity index (χ2v) is 2.71. The molecule has 0 fully saturated rings. The third-order valence-corrected chi connectivity index (χ3v) is 1.65. The molecule has 5 N–H and O–H groups in total. The molecule has 1 aromatic carbocycles. The van der Waals surface area contributed by atoms with Crippen LogP contribution in [0.3, 0.4) is 0 Å². The van der Waals surface area contributed by atoms with E-state index in [0.717, 1.165) is 0 Å². The van der Waals surface area contributed by atoms with E-state index < -0.39 is 5.97 Å². The minimum Gasteiger partial charge on any atom is -0.480 e. The van der Waals surface area contributed by atoms with Gasteiger partial charge in [-0.3, -0.25) is 10.2 Å². The Hall–Kier alpha value is -2.04. The van der Waals surface area contributed by atoms with Gasteiger partial charge in [-0.05, 0) is 12.1 Å². The van der Waals surface area contributed by atoms with Crippen molar-refractivity contribution in [2.45, 2.75) is 0 Å². The highest BCUT2D eigenvalue weighted by Gasteiger charge is 2.04. The van der Waals surface area contributed by atoms with Crippen LogP contribution in [0.4, 0.5) is 5.69 Å². The van der Waals surface area contributed by atoms with Crippen LogP contribution in [0.25, 0.3) is 0 Å². The molecule has 74 valence electrons. The van der Waals surface area contributed by atoms with Crippen molar-refractivity contribution in [2.75, 3.05) is 11.9 Å². The predicted molar refractivity (Wildman–Crippen MR) is 53.6 cm³/mol. The Morgan fingerprint density at radius 1 is 1.50 bits per heavy atom. The number of nitrogens with two attached hydrogens (primary N) is 1. The fourth-order valence-electron chi connectivity index (χ4n) is 1.04. The molecule has 5 heteroatoms.